The summed E-state index contributed by atoms with van der Waals surface area (Å²) in [5, 5.41) is 0. The number of aromatic nitrogens is 2. The number of ether oxygens (including phenoxy) is 1. The second kappa shape index (κ2) is 4.46. The molecule has 4 heteroatoms. The first-order valence-electron chi connectivity index (χ1n) is 5.55. The van der Waals surface area contributed by atoms with Crippen LogP contribution in [0.5, 0.6) is 5.75 Å². The quantitative estimate of drug-likeness (QED) is 0.720. The van der Waals surface area contributed by atoms with Crippen LogP contribution in [0, 0.1) is 0 Å². The number of rotatable bonds is 2. The molecule has 0 radical (unpaired) electrons. The molecule has 0 aliphatic heterocycles. The summed E-state index contributed by atoms with van der Waals surface area (Å²) in [5.41, 5.74) is 2.93. The van der Waals surface area contributed by atoms with E-state index in [-0.39, 0.29) is 0 Å². The first kappa shape index (κ1) is 11.3. The number of nitrogens with zero attached hydrogens (tertiary/aromatic N) is 2. The SMILES string of the molecule is COc1ccc2nc(-c3ccccc3Br)cn2c1. The maximum absolute atomic E-state index is 5.20. The molecule has 1 aromatic carbocycles. The fourth-order valence-corrected chi connectivity index (χ4v) is 2.38. The maximum Gasteiger partial charge on any atom is 0.137 e. The number of methoxy groups -OCH3 is 1. The number of pyridine rings is 1. The van der Waals surface area contributed by atoms with Crippen molar-refractivity contribution in [2.75, 3.05) is 7.11 Å². The summed E-state index contributed by atoms with van der Waals surface area (Å²) < 4.78 is 8.21. The second-order valence-electron chi connectivity index (χ2n) is 3.94. The fraction of sp³-hybridized carbons (Fsp3) is 0.0714. The van der Waals surface area contributed by atoms with Gasteiger partial charge in [0, 0.05) is 16.2 Å². The molecule has 0 amide bonds. The molecule has 0 aliphatic carbocycles. The molecule has 0 spiro atoms. The minimum Gasteiger partial charge on any atom is -0.495 e. The summed E-state index contributed by atoms with van der Waals surface area (Å²) in [4.78, 5) is 4.60. The minimum atomic E-state index is 0.818. The Morgan fingerprint density at radius 1 is 1.11 bits per heavy atom. The summed E-state index contributed by atoms with van der Waals surface area (Å²) in [6.07, 6.45) is 3.92. The van der Waals surface area contributed by atoms with Crippen molar-refractivity contribution in [2.45, 2.75) is 0 Å². The number of benzene rings is 1. The first-order chi connectivity index (χ1) is 8.78. The highest BCUT2D eigenvalue weighted by Crippen LogP contribution is 2.27. The predicted octanol–water partition coefficient (Wildman–Crippen LogP) is 3.77. The third-order valence-electron chi connectivity index (χ3n) is 2.81. The van der Waals surface area contributed by atoms with E-state index in [2.05, 4.69) is 20.9 Å². The van der Waals surface area contributed by atoms with Crippen molar-refractivity contribution in [3.63, 3.8) is 0 Å². The Morgan fingerprint density at radius 2 is 1.94 bits per heavy atom. The average molecular weight is 303 g/mol. The Bertz CT molecular complexity index is 706. The number of halogens is 1. The van der Waals surface area contributed by atoms with E-state index in [4.69, 9.17) is 4.74 Å². The van der Waals surface area contributed by atoms with Crippen LogP contribution in [0.15, 0.2) is 53.3 Å². The van der Waals surface area contributed by atoms with Gasteiger partial charge in [-0.15, -0.1) is 0 Å². The summed E-state index contributed by atoms with van der Waals surface area (Å²) in [6, 6.07) is 11.9. The van der Waals surface area contributed by atoms with Gasteiger partial charge in [-0.2, -0.15) is 0 Å². The molecule has 18 heavy (non-hydrogen) atoms. The van der Waals surface area contributed by atoms with Gasteiger partial charge >= 0.3 is 0 Å². The summed E-state index contributed by atoms with van der Waals surface area (Å²) >= 11 is 3.54. The summed E-state index contributed by atoms with van der Waals surface area (Å²) in [5.74, 6) is 0.818. The molecule has 3 aromatic rings. The highest BCUT2D eigenvalue weighted by atomic mass is 79.9. The molecule has 0 N–H and O–H groups in total. The molecule has 0 unspecified atom stereocenters. The normalized spacial score (nSPS) is 10.8. The molecule has 3 nitrogen and oxygen atoms in total. The lowest BCUT2D eigenvalue weighted by atomic mass is 10.2. The van der Waals surface area contributed by atoms with E-state index in [0.29, 0.717) is 0 Å². The van der Waals surface area contributed by atoms with Gasteiger partial charge < -0.3 is 9.14 Å². The van der Waals surface area contributed by atoms with Crippen molar-refractivity contribution in [1.29, 1.82) is 0 Å². The molecule has 0 atom stereocenters. The Hall–Kier alpha value is -1.81. The van der Waals surface area contributed by atoms with Gasteiger partial charge in [-0.1, -0.05) is 34.1 Å². The molecule has 0 aliphatic rings. The summed E-state index contributed by atoms with van der Waals surface area (Å²) in [7, 11) is 1.66. The van der Waals surface area contributed by atoms with Gasteiger partial charge in [-0.05, 0) is 18.2 Å². The fourth-order valence-electron chi connectivity index (χ4n) is 1.89. The highest BCUT2D eigenvalue weighted by molar-refractivity contribution is 9.10. The van der Waals surface area contributed by atoms with E-state index in [1.165, 1.54) is 0 Å². The summed E-state index contributed by atoms with van der Waals surface area (Å²) in [6.45, 7) is 0. The van der Waals surface area contributed by atoms with E-state index < -0.39 is 0 Å². The van der Waals surface area contributed by atoms with Gasteiger partial charge in [0.25, 0.3) is 0 Å². The van der Waals surface area contributed by atoms with E-state index in [9.17, 15) is 0 Å². The average Bonchev–Trinajstić information content (AvgIpc) is 2.81. The Morgan fingerprint density at radius 3 is 2.72 bits per heavy atom. The van der Waals surface area contributed by atoms with Gasteiger partial charge in [-0.3, -0.25) is 0 Å². The topological polar surface area (TPSA) is 26.5 Å². The Kier molecular flexibility index (Phi) is 2.80. The molecular weight excluding hydrogens is 292 g/mol. The zero-order valence-electron chi connectivity index (χ0n) is 9.80. The van der Waals surface area contributed by atoms with Crippen LogP contribution in [0.2, 0.25) is 0 Å². The third-order valence-corrected chi connectivity index (χ3v) is 3.50. The van der Waals surface area contributed by atoms with Crippen LogP contribution in [0.3, 0.4) is 0 Å². The van der Waals surface area contributed by atoms with Crippen LogP contribution in [0.4, 0.5) is 0 Å². The molecular formula is C14H11BrN2O. The van der Waals surface area contributed by atoms with E-state index in [1.54, 1.807) is 7.11 Å². The van der Waals surface area contributed by atoms with E-state index >= 15 is 0 Å². The van der Waals surface area contributed by atoms with Crippen LogP contribution in [-0.4, -0.2) is 16.5 Å². The molecule has 2 aromatic heterocycles. The molecule has 0 saturated carbocycles. The van der Waals surface area contributed by atoms with Gasteiger partial charge in [-0.25, -0.2) is 4.98 Å². The van der Waals surface area contributed by atoms with Crippen molar-refractivity contribution in [3.8, 4) is 17.0 Å². The van der Waals surface area contributed by atoms with Crippen molar-refractivity contribution in [3.05, 3.63) is 53.3 Å². The van der Waals surface area contributed by atoms with Gasteiger partial charge in [0.2, 0.25) is 0 Å². The molecule has 0 fully saturated rings. The molecule has 0 saturated heterocycles. The predicted molar refractivity (Wildman–Crippen MR) is 74.9 cm³/mol. The van der Waals surface area contributed by atoms with Crippen molar-refractivity contribution < 1.29 is 4.74 Å². The van der Waals surface area contributed by atoms with Crippen molar-refractivity contribution >= 4 is 21.6 Å². The van der Waals surface area contributed by atoms with E-state index in [1.807, 2.05) is 53.2 Å². The Labute approximate surface area is 113 Å². The standard InChI is InChI=1S/C14H11BrN2O/c1-18-10-6-7-14-16-13(9-17(14)8-10)11-4-2-3-5-12(11)15/h2-9H,1H3. The van der Waals surface area contributed by atoms with Crippen LogP contribution in [-0.2, 0) is 0 Å². The van der Waals surface area contributed by atoms with Crippen LogP contribution in [0.25, 0.3) is 16.9 Å². The molecule has 90 valence electrons. The monoisotopic (exact) mass is 302 g/mol. The van der Waals surface area contributed by atoms with Crippen molar-refractivity contribution in [1.82, 2.24) is 9.38 Å². The Balaban J connectivity index is 2.17. The molecule has 3 rings (SSSR count). The lowest BCUT2D eigenvalue weighted by Gasteiger charge is -1.99. The van der Waals surface area contributed by atoms with Crippen LogP contribution < -0.4 is 4.74 Å². The largest absolute Gasteiger partial charge is 0.495 e. The molecule has 0 bridgehead atoms. The molecule has 2 heterocycles. The zero-order chi connectivity index (χ0) is 12.5. The number of hydrogen-bond donors (Lipinski definition) is 0. The minimum absolute atomic E-state index is 0.818. The lowest BCUT2D eigenvalue weighted by molar-refractivity contribution is 0.412. The number of fused-ring (bicyclic) bond motifs is 1. The highest BCUT2D eigenvalue weighted by Gasteiger charge is 2.07. The van der Waals surface area contributed by atoms with Crippen LogP contribution >= 0.6 is 15.9 Å². The van der Waals surface area contributed by atoms with Crippen LogP contribution in [0.1, 0.15) is 0 Å². The number of hydrogen-bond acceptors (Lipinski definition) is 2. The van der Waals surface area contributed by atoms with Gasteiger partial charge in [0.1, 0.15) is 11.4 Å². The third kappa shape index (κ3) is 1.88. The smallest absolute Gasteiger partial charge is 0.137 e. The van der Waals surface area contributed by atoms with Gasteiger partial charge in [0.15, 0.2) is 0 Å². The second-order valence-corrected chi connectivity index (χ2v) is 4.79. The zero-order valence-corrected chi connectivity index (χ0v) is 11.4. The first-order valence-corrected chi connectivity index (χ1v) is 6.35. The van der Waals surface area contributed by atoms with Gasteiger partial charge in [0.05, 0.1) is 19.0 Å². The lowest BCUT2D eigenvalue weighted by Crippen LogP contribution is -1.86. The van der Waals surface area contributed by atoms with E-state index in [0.717, 1.165) is 27.1 Å². The maximum atomic E-state index is 5.20. The number of imidazole rings is 1. The van der Waals surface area contributed by atoms with Crippen molar-refractivity contribution in [2.24, 2.45) is 0 Å².